The van der Waals surface area contributed by atoms with Crippen LogP contribution in [0, 0.1) is 11.3 Å². The average Bonchev–Trinajstić information content (AvgIpc) is 2.96. The second-order valence-corrected chi connectivity index (χ2v) is 11.1. The highest BCUT2D eigenvalue weighted by Crippen LogP contribution is 2.50. The van der Waals surface area contributed by atoms with Crippen LogP contribution in [0.3, 0.4) is 0 Å². The minimum atomic E-state index is -0.696. The predicted molar refractivity (Wildman–Crippen MR) is 125 cm³/mol. The molecule has 0 radical (unpaired) electrons. The third kappa shape index (κ3) is 4.10. The number of ether oxygens (including phenoxy) is 1. The first-order valence-corrected chi connectivity index (χ1v) is 11.9. The van der Waals surface area contributed by atoms with Crippen LogP contribution in [-0.4, -0.2) is 84.5 Å². The molecule has 1 unspecified atom stereocenters. The number of carbonyl (C=O) groups is 1. The average molecular weight is 445 g/mol. The van der Waals surface area contributed by atoms with Crippen molar-refractivity contribution in [2.24, 2.45) is 17.1 Å². The Morgan fingerprint density at radius 3 is 2.31 bits per heavy atom. The molecule has 3 N–H and O–H groups in total. The molecule has 7 heteroatoms. The summed E-state index contributed by atoms with van der Waals surface area (Å²) in [6, 6.07) is 10.8. The van der Waals surface area contributed by atoms with Crippen LogP contribution in [0.5, 0.6) is 0 Å². The van der Waals surface area contributed by atoms with Gasteiger partial charge in [0.15, 0.2) is 6.35 Å². The van der Waals surface area contributed by atoms with E-state index in [-0.39, 0.29) is 17.0 Å². The number of nitrogens with zero attached hydrogens (tertiary/aromatic N) is 3. The zero-order valence-electron chi connectivity index (χ0n) is 20.1. The molecule has 4 rings (SSSR count). The van der Waals surface area contributed by atoms with Gasteiger partial charge >= 0.3 is 0 Å². The molecule has 0 bridgehead atoms. The molecular weight excluding hydrogens is 404 g/mol. The van der Waals surface area contributed by atoms with E-state index in [4.69, 9.17) is 10.5 Å². The maximum absolute atomic E-state index is 12.0. The van der Waals surface area contributed by atoms with Gasteiger partial charge in [0, 0.05) is 36.6 Å². The summed E-state index contributed by atoms with van der Waals surface area (Å²) < 4.78 is 5.43. The molecule has 32 heavy (non-hydrogen) atoms. The number of carbonyl (C=O) groups excluding carboxylic acids is 1. The molecule has 2 heterocycles. The van der Waals surface area contributed by atoms with Crippen LogP contribution in [0.1, 0.15) is 45.1 Å². The molecule has 2 saturated heterocycles. The molecule has 1 saturated carbocycles. The van der Waals surface area contributed by atoms with E-state index in [0.717, 1.165) is 52.0 Å². The molecule has 1 aromatic rings. The van der Waals surface area contributed by atoms with Crippen LogP contribution in [-0.2, 0) is 15.1 Å². The lowest BCUT2D eigenvalue weighted by Crippen LogP contribution is -2.58. The van der Waals surface area contributed by atoms with Gasteiger partial charge in [0.25, 0.3) is 0 Å². The molecule has 178 valence electrons. The maximum atomic E-state index is 12.0. The van der Waals surface area contributed by atoms with Crippen LogP contribution >= 0.6 is 0 Å². The Morgan fingerprint density at radius 1 is 1.19 bits per heavy atom. The fourth-order valence-corrected chi connectivity index (χ4v) is 5.99. The summed E-state index contributed by atoms with van der Waals surface area (Å²) in [5.41, 5.74) is 6.24. The Balaban J connectivity index is 1.59. The molecular formula is C25H40N4O3. The van der Waals surface area contributed by atoms with Crippen LogP contribution < -0.4 is 5.73 Å². The van der Waals surface area contributed by atoms with Crippen molar-refractivity contribution in [3.63, 3.8) is 0 Å². The molecule has 3 aliphatic rings. The van der Waals surface area contributed by atoms with Crippen molar-refractivity contribution in [1.82, 2.24) is 14.7 Å². The lowest BCUT2D eigenvalue weighted by molar-refractivity contribution is -0.137. The second-order valence-electron chi connectivity index (χ2n) is 11.1. The van der Waals surface area contributed by atoms with E-state index in [1.54, 1.807) is 0 Å². The normalized spacial score (nSPS) is 32.5. The van der Waals surface area contributed by atoms with Gasteiger partial charge in [0.1, 0.15) is 0 Å². The smallest absolute Gasteiger partial charge is 0.224 e. The standard InChI is InChI=1S/C25H40N4O3/c1-23(2,21(26)30)17-28-18-24(29(22(28)31)14-19-15-32-16-19)10-12-25(13-11-24,27(3)4)20-8-6-5-7-9-20/h5-9,19,22,31H,10-18H2,1-4H3,(H2,26,30)/t22?,24-,25+. The molecule has 1 spiro atoms. The molecule has 1 amide bonds. The Kier molecular flexibility index (Phi) is 6.42. The van der Waals surface area contributed by atoms with Gasteiger partial charge in [0.2, 0.25) is 5.91 Å². The number of primary amides is 1. The molecule has 2 aliphatic heterocycles. The van der Waals surface area contributed by atoms with Crippen molar-refractivity contribution in [2.75, 3.05) is 46.9 Å². The Labute approximate surface area is 192 Å². The van der Waals surface area contributed by atoms with E-state index in [2.05, 4.69) is 59.1 Å². The van der Waals surface area contributed by atoms with E-state index in [1.807, 2.05) is 13.8 Å². The summed E-state index contributed by atoms with van der Waals surface area (Å²) in [6.45, 7) is 7.30. The van der Waals surface area contributed by atoms with Gasteiger partial charge in [-0.15, -0.1) is 0 Å². The number of hydrogen-bond acceptors (Lipinski definition) is 6. The SMILES string of the molecule is CN(C)[C@]1(c2ccccc2)CC[C@]2(CC1)CN(CC(C)(C)C(N)=O)C(O)N2CC1COC1. The van der Waals surface area contributed by atoms with Crippen LogP contribution in [0.4, 0.5) is 0 Å². The minimum absolute atomic E-state index is 0.00261. The summed E-state index contributed by atoms with van der Waals surface area (Å²) >= 11 is 0. The Morgan fingerprint density at radius 2 is 1.81 bits per heavy atom. The van der Waals surface area contributed by atoms with Crippen molar-refractivity contribution in [3.8, 4) is 0 Å². The zero-order valence-corrected chi connectivity index (χ0v) is 20.1. The third-order valence-corrected chi connectivity index (χ3v) is 8.31. The van der Waals surface area contributed by atoms with Crippen molar-refractivity contribution in [2.45, 2.75) is 57.0 Å². The molecule has 1 atom stereocenters. The molecule has 0 aromatic heterocycles. The molecule has 3 fully saturated rings. The lowest BCUT2D eigenvalue weighted by atomic mass is 9.68. The summed E-state index contributed by atoms with van der Waals surface area (Å²) in [4.78, 5) is 18.7. The topological polar surface area (TPSA) is 82.3 Å². The lowest BCUT2D eigenvalue weighted by Gasteiger charge is -2.52. The second kappa shape index (κ2) is 8.69. The predicted octanol–water partition coefficient (Wildman–Crippen LogP) is 1.81. The fraction of sp³-hybridized carbons (Fsp3) is 0.720. The van der Waals surface area contributed by atoms with Gasteiger partial charge in [-0.2, -0.15) is 0 Å². The van der Waals surface area contributed by atoms with Crippen LogP contribution in [0.25, 0.3) is 0 Å². The van der Waals surface area contributed by atoms with Gasteiger partial charge in [-0.3, -0.25) is 19.5 Å². The highest BCUT2D eigenvalue weighted by atomic mass is 16.5. The van der Waals surface area contributed by atoms with Crippen LogP contribution in [0.2, 0.25) is 0 Å². The third-order valence-electron chi connectivity index (χ3n) is 8.31. The van der Waals surface area contributed by atoms with Gasteiger partial charge in [0.05, 0.1) is 18.6 Å². The van der Waals surface area contributed by atoms with Gasteiger partial charge in [-0.05, 0) is 59.2 Å². The van der Waals surface area contributed by atoms with E-state index in [9.17, 15) is 9.90 Å². The summed E-state index contributed by atoms with van der Waals surface area (Å²) in [7, 11) is 4.36. The highest BCUT2D eigenvalue weighted by molar-refractivity contribution is 5.80. The Hall–Kier alpha value is -1.51. The number of aliphatic hydroxyl groups excluding tert-OH is 1. The summed E-state index contributed by atoms with van der Waals surface area (Å²) in [5.74, 6) is 0.129. The molecule has 1 aromatic carbocycles. The summed E-state index contributed by atoms with van der Waals surface area (Å²) in [6.07, 6.45) is 3.36. The monoisotopic (exact) mass is 444 g/mol. The van der Waals surface area contributed by atoms with Crippen molar-refractivity contribution in [3.05, 3.63) is 35.9 Å². The number of aliphatic hydroxyl groups is 1. The number of benzene rings is 1. The molecule has 7 nitrogen and oxygen atoms in total. The van der Waals surface area contributed by atoms with Gasteiger partial charge in [-0.25, -0.2) is 0 Å². The Bertz CT molecular complexity index is 801. The van der Waals surface area contributed by atoms with Crippen molar-refractivity contribution >= 4 is 5.91 Å². The number of amides is 1. The van der Waals surface area contributed by atoms with E-state index >= 15 is 0 Å². The largest absolute Gasteiger partial charge is 0.381 e. The number of hydrogen-bond donors (Lipinski definition) is 2. The highest BCUT2D eigenvalue weighted by Gasteiger charge is 2.55. The number of nitrogens with two attached hydrogens (primary N) is 1. The van der Waals surface area contributed by atoms with Crippen LogP contribution in [0.15, 0.2) is 30.3 Å². The van der Waals surface area contributed by atoms with Gasteiger partial charge in [-0.1, -0.05) is 30.3 Å². The van der Waals surface area contributed by atoms with E-state index in [1.165, 1.54) is 5.56 Å². The van der Waals surface area contributed by atoms with Crippen molar-refractivity contribution in [1.29, 1.82) is 0 Å². The summed E-state index contributed by atoms with van der Waals surface area (Å²) in [5, 5.41) is 11.4. The fourth-order valence-electron chi connectivity index (χ4n) is 5.99. The number of rotatable bonds is 7. The maximum Gasteiger partial charge on any atom is 0.224 e. The first kappa shape index (κ1) is 23.6. The van der Waals surface area contributed by atoms with Gasteiger partial charge < -0.3 is 15.6 Å². The van der Waals surface area contributed by atoms with Crippen molar-refractivity contribution < 1.29 is 14.6 Å². The quantitative estimate of drug-likeness (QED) is 0.668. The minimum Gasteiger partial charge on any atom is -0.381 e. The first-order valence-electron chi connectivity index (χ1n) is 11.9. The molecule has 1 aliphatic carbocycles. The zero-order chi connectivity index (χ0) is 23.1. The van der Waals surface area contributed by atoms with E-state index < -0.39 is 11.8 Å². The van der Waals surface area contributed by atoms with E-state index in [0.29, 0.717) is 12.5 Å². The first-order chi connectivity index (χ1) is 15.1.